The maximum Gasteiger partial charge on any atom is 0.471 e. The highest BCUT2D eigenvalue weighted by Crippen LogP contribution is 2.40. The monoisotopic (exact) mass is 371 g/mol. The second-order valence-corrected chi connectivity index (χ2v) is 5.51. The van der Waals surface area contributed by atoms with Crippen molar-refractivity contribution in [2.75, 3.05) is 12.4 Å². The van der Waals surface area contributed by atoms with E-state index < -0.39 is 40.4 Å². The molecule has 0 aliphatic rings. The molecule has 24 heavy (non-hydrogen) atoms. The molecule has 0 atom stereocenters. The summed E-state index contributed by atoms with van der Waals surface area (Å²) >= 11 is 0.605. The minimum Gasteiger partial charge on any atom is -0.465 e. The molecule has 1 heterocycles. The Morgan fingerprint density at radius 1 is 1.12 bits per heavy atom. The van der Waals surface area contributed by atoms with Crippen molar-refractivity contribution >= 4 is 39.0 Å². The molecule has 0 unspecified atom stereocenters. The van der Waals surface area contributed by atoms with Crippen molar-refractivity contribution in [2.45, 2.75) is 12.4 Å². The summed E-state index contributed by atoms with van der Waals surface area (Å²) in [7, 11) is 0.948. The molecular weight excluding hydrogens is 364 g/mol. The number of amides is 1. The fourth-order valence-corrected chi connectivity index (χ4v) is 2.88. The van der Waals surface area contributed by atoms with E-state index in [2.05, 4.69) is 4.74 Å². The molecule has 0 aliphatic heterocycles. The molecule has 0 fully saturated rings. The summed E-state index contributed by atoms with van der Waals surface area (Å²) in [6.07, 6.45) is -10.0. The van der Waals surface area contributed by atoms with Crippen molar-refractivity contribution in [1.82, 2.24) is 0 Å². The van der Waals surface area contributed by atoms with E-state index >= 15 is 0 Å². The van der Waals surface area contributed by atoms with Crippen LogP contribution in [-0.4, -0.2) is 25.2 Å². The number of methoxy groups -OCH3 is 1. The predicted molar refractivity (Wildman–Crippen MR) is 72.9 cm³/mol. The van der Waals surface area contributed by atoms with E-state index in [1.807, 2.05) is 0 Å². The van der Waals surface area contributed by atoms with Crippen molar-refractivity contribution in [3.8, 4) is 0 Å². The van der Waals surface area contributed by atoms with Crippen LogP contribution in [0.15, 0.2) is 18.2 Å². The lowest BCUT2D eigenvalue weighted by Gasteiger charge is -2.10. The summed E-state index contributed by atoms with van der Waals surface area (Å²) < 4.78 is 80.1. The summed E-state index contributed by atoms with van der Waals surface area (Å²) in [5, 5.41) is 1.11. The second-order valence-electron chi connectivity index (χ2n) is 4.46. The van der Waals surface area contributed by atoms with Gasteiger partial charge in [-0.15, -0.1) is 11.3 Å². The van der Waals surface area contributed by atoms with Crippen LogP contribution in [0.25, 0.3) is 10.1 Å². The summed E-state index contributed by atoms with van der Waals surface area (Å²) in [4.78, 5) is 22.3. The van der Waals surface area contributed by atoms with Crippen LogP contribution in [0.3, 0.4) is 0 Å². The maximum absolute atomic E-state index is 12.8. The summed E-state index contributed by atoms with van der Waals surface area (Å²) in [5.41, 5.74) is -1.80. The van der Waals surface area contributed by atoms with Crippen LogP contribution in [-0.2, 0) is 15.7 Å². The Hall–Kier alpha value is -2.30. The lowest BCUT2D eigenvalue weighted by Crippen LogP contribution is -2.30. The molecule has 2 aromatic rings. The Morgan fingerprint density at radius 2 is 1.75 bits per heavy atom. The molecule has 1 aromatic carbocycles. The van der Waals surface area contributed by atoms with E-state index in [1.54, 1.807) is 0 Å². The van der Waals surface area contributed by atoms with Gasteiger partial charge in [0.25, 0.3) is 0 Å². The van der Waals surface area contributed by atoms with Crippen LogP contribution in [0.1, 0.15) is 15.2 Å². The third-order valence-corrected chi connectivity index (χ3v) is 4.03. The molecule has 4 nitrogen and oxygen atoms in total. The molecule has 2 rings (SSSR count). The molecule has 0 saturated carbocycles. The normalized spacial score (nSPS) is 12.3. The predicted octanol–water partition coefficient (Wildman–Crippen LogP) is 4.21. The van der Waals surface area contributed by atoms with Crippen LogP contribution >= 0.6 is 11.3 Å². The van der Waals surface area contributed by atoms with Gasteiger partial charge in [0.2, 0.25) is 0 Å². The first-order valence-electron chi connectivity index (χ1n) is 6.05. The van der Waals surface area contributed by atoms with Crippen LogP contribution in [0.4, 0.5) is 32.0 Å². The van der Waals surface area contributed by atoms with Crippen LogP contribution < -0.4 is 5.32 Å². The van der Waals surface area contributed by atoms with Gasteiger partial charge in [0.05, 0.1) is 18.4 Å². The highest BCUT2D eigenvalue weighted by molar-refractivity contribution is 7.21. The van der Waals surface area contributed by atoms with Gasteiger partial charge in [-0.2, -0.15) is 26.3 Å². The number of hydrogen-bond donors (Lipinski definition) is 1. The highest BCUT2D eigenvalue weighted by atomic mass is 32.1. The minimum atomic E-state index is -5.27. The van der Waals surface area contributed by atoms with E-state index in [-0.39, 0.29) is 10.1 Å². The summed E-state index contributed by atoms with van der Waals surface area (Å²) in [6, 6.07) is 2.28. The van der Waals surface area contributed by atoms with E-state index in [0.29, 0.717) is 17.4 Å². The Balaban J connectivity index is 2.66. The molecule has 1 aromatic heterocycles. The van der Waals surface area contributed by atoms with Gasteiger partial charge < -0.3 is 10.1 Å². The van der Waals surface area contributed by atoms with Gasteiger partial charge in [0.15, 0.2) is 0 Å². The van der Waals surface area contributed by atoms with Gasteiger partial charge in [-0.05, 0) is 18.2 Å². The number of fused-ring (bicyclic) bond motifs is 1. The van der Waals surface area contributed by atoms with Crippen LogP contribution in [0.2, 0.25) is 0 Å². The first-order valence-corrected chi connectivity index (χ1v) is 6.87. The fraction of sp³-hybridized carbons (Fsp3) is 0.231. The second kappa shape index (κ2) is 5.96. The lowest BCUT2D eigenvalue weighted by molar-refractivity contribution is -0.167. The average molecular weight is 371 g/mol. The van der Waals surface area contributed by atoms with Gasteiger partial charge in [-0.3, -0.25) is 4.79 Å². The van der Waals surface area contributed by atoms with Crippen molar-refractivity contribution in [1.29, 1.82) is 0 Å². The molecule has 0 aliphatic carbocycles. The lowest BCUT2D eigenvalue weighted by atomic mass is 10.1. The molecule has 0 bridgehead atoms. The van der Waals surface area contributed by atoms with E-state index in [9.17, 15) is 35.9 Å². The number of ether oxygens (including phenoxy) is 1. The Morgan fingerprint density at radius 3 is 2.25 bits per heavy atom. The third kappa shape index (κ3) is 3.45. The number of anilines is 1. The van der Waals surface area contributed by atoms with Gasteiger partial charge in [-0.1, -0.05) is 0 Å². The van der Waals surface area contributed by atoms with Gasteiger partial charge >= 0.3 is 24.2 Å². The van der Waals surface area contributed by atoms with Crippen molar-refractivity contribution in [2.24, 2.45) is 0 Å². The number of benzene rings is 1. The molecular formula is C13H7F6NO3S. The molecule has 0 saturated heterocycles. The highest BCUT2D eigenvalue weighted by Gasteiger charge is 2.40. The van der Waals surface area contributed by atoms with Crippen molar-refractivity contribution < 1.29 is 40.7 Å². The molecule has 11 heteroatoms. The van der Waals surface area contributed by atoms with Crippen LogP contribution in [0, 0.1) is 0 Å². The van der Waals surface area contributed by atoms with Gasteiger partial charge in [0.1, 0.15) is 4.88 Å². The molecule has 130 valence electrons. The molecule has 1 amide bonds. The number of thiophene rings is 1. The summed E-state index contributed by atoms with van der Waals surface area (Å²) in [6.45, 7) is 0. The van der Waals surface area contributed by atoms with Gasteiger partial charge in [-0.25, -0.2) is 4.79 Å². The zero-order chi connectivity index (χ0) is 18.3. The Labute approximate surface area is 134 Å². The number of carbonyl (C=O) groups is 2. The Kier molecular flexibility index (Phi) is 4.48. The van der Waals surface area contributed by atoms with E-state index in [0.717, 1.165) is 19.2 Å². The topological polar surface area (TPSA) is 55.4 Å². The smallest absolute Gasteiger partial charge is 0.465 e. The first kappa shape index (κ1) is 18.0. The fourth-order valence-electron chi connectivity index (χ4n) is 1.82. The number of halogens is 6. The number of alkyl halides is 6. The first-order chi connectivity index (χ1) is 10.9. The van der Waals surface area contributed by atoms with Crippen molar-refractivity contribution in [3.63, 3.8) is 0 Å². The zero-order valence-electron chi connectivity index (χ0n) is 11.6. The Bertz CT molecular complexity index is 808. The average Bonchev–Trinajstić information content (AvgIpc) is 2.82. The zero-order valence-corrected chi connectivity index (χ0v) is 12.4. The number of rotatable bonds is 2. The molecule has 1 N–H and O–H groups in total. The maximum atomic E-state index is 12.8. The number of esters is 1. The number of hydrogen-bond acceptors (Lipinski definition) is 4. The number of nitrogens with one attached hydrogen (secondary N) is 1. The molecule has 0 spiro atoms. The SMILES string of the molecule is COC(=O)c1sc2ccc(C(F)(F)F)cc2c1NC(=O)C(F)(F)F. The summed E-state index contributed by atoms with van der Waals surface area (Å²) in [5.74, 6) is -3.49. The third-order valence-electron chi connectivity index (χ3n) is 2.88. The molecule has 0 radical (unpaired) electrons. The van der Waals surface area contributed by atoms with Gasteiger partial charge in [0, 0.05) is 10.1 Å². The van der Waals surface area contributed by atoms with Crippen LogP contribution in [0.5, 0.6) is 0 Å². The van der Waals surface area contributed by atoms with E-state index in [4.69, 9.17) is 0 Å². The quantitative estimate of drug-likeness (QED) is 0.636. The van der Waals surface area contributed by atoms with Crippen molar-refractivity contribution in [3.05, 3.63) is 28.6 Å². The minimum absolute atomic E-state index is 0.0841. The standard InChI is InChI=1S/C13H7F6NO3S/c1-23-10(21)9-8(20-11(22)13(17,18)19)6-4-5(12(14,15)16)2-3-7(6)24-9/h2-4H,1H3,(H,20,22). The largest absolute Gasteiger partial charge is 0.471 e. The van der Waals surface area contributed by atoms with E-state index in [1.165, 1.54) is 5.32 Å². The number of carbonyl (C=O) groups excluding carboxylic acids is 2.